The van der Waals surface area contributed by atoms with Gasteiger partial charge in [-0.3, -0.25) is 9.59 Å². The summed E-state index contributed by atoms with van der Waals surface area (Å²) in [4.78, 5) is 28.9. The normalized spacial score (nSPS) is 10.2. The second kappa shape index (κ2) is 9.01. The van der Waals surface area contributed by atoms with Gasteiger partial charge in [-0.05, 0) is 48.0 Å². The van der Waals surface area contributed by atoms with E-state index in [4.69, 9.17) is 16.3 Å². The van der Waals surface area contributed by atoms with Crippen LogP contribution in [0.4, 0.5) is 5.69 Å². The van der Waals surface area contributed by atoms with E-state index in [9.17, 15) is 9.59 Å². The summed E-state index contributed by atoms with van der Waals surface area (Å²) >= 11 is 5.92. The SMILES string of the molecule is COc1ccc(CNC(=O)c2cccc(C(=O)Nc3cccc(Cl)c3)n2)cc1. The van der Waals surface area contributed by atoms with E-state index in [0.717, 1.165) is 11.3 Å². The van der Waals surface area contributed by atoms with Gasteiger partial charge >= 0.3 is 0 Å². The number of amides is 2. The van der Waals surface area contributed by atoms with Crippen molar-refractivity contribution in [3.8, 4) is 5.75 Å². The van der Waals surface area contributed by atoms with Gasteiger partial charge in [0.25, 0.3) is 11.8 Å². The Kier molecular flexibility index (Phi) is 6.24. The molecule has 3 aromatic rings. The maximum absolute atomic E-state index is 12.4. The Bertz CT molecular complexity index is 990. The molecule has 0 aliphatic rings. The number of rotatable bonds is 6. The number of nitrogens with one attached hydrogen (secondary N) is 2. The van der Waals surface area contributed by atoms with Gasteiger partial charge in [-0.2, -0.15) is 0 Å². The third kappa shape index (κ3) is 5.08. The van der Waals surface area contributed by atoms with E-state index in [0.29, 0.717) is 17.3 Å². The Hall–Kier alpha value is -3.38. The summed E-state index contributed by atoms with van der Waals surface area (Å²) in [6.07, 6.45) is 0. The molecule has 1 heterocycles. The van der Waals surface area contributed by atoms with Crippen LogP contribution < -0.4 is 15.4 Å². The van der Waals surface area contributed by atoms with Crippen molar-refractivity contribution < 1.29 is 14.3 Å². The number of nitrogens with zero attached hydrogens (tertiary/aromatic N) is 1. The molecule has 0 saturated heterocycles. The van der Waals surface area contributed by atoms with Crippen LogP contribution in [0.25, 0.3) is 0 Å². The zero-order chi connectivity index (χ0) is 19.9. The monoisotopic (exact) mass is 395 g/mol. The van der Waals surface area contributed by atoms with E-state index in [1.807, 2.05) is 24.3 Å². The Balaban J connectivity index is 1.64. The fourth-order valence-corrected chi connectivity index (χ4v) is 2.66. The van der Waals surface area contributed by atoms with Crippen LogP contribution in [0.5, 0.6) is 5.75 Å². The number of aromatic nitrogens is 1. The molecule has 0 bridgehead atoms. The van der Waals surface area contributed by atoms with Crippen molar-refractivity contribution in [2.75, 3.05) is 12.4 Å². The maximum atomic E-state index is 12.4. The van der Waals surface area contributed by atoms with Crippen LogP contribution in [0.2, 0.25) is 5.02 Å². The van der Waals surface area contributed by atoms with Gasteiger partial charge in [0.2, 0.25) is 0 Å². The van der Waals surface area contributed by atoms with Crippen molar-refractivity contribution in [1.82, 2.24) is 10.3 Å². The first kappa shape index (κ1) is 19.4. The van der Waals surface area contributed by atoms with E-state index < -0.39 is 5.91 Å². The molecular weight excluding hydrogens is 378 g/mol. The largest absolute Gasteiger partial charge is 0.497 e. The lowest BCUT2D eigenvalue weighted by Gasteiger charge is -2.08. The molecule has 0 aliphatic carbocycles. The summed E-state index contributed by atoms with van der Waals surface area (Å²) < 4.78 is 5.11. The second-order valence-electron chi connectivity index (χ2n) is 5.90. The maximum Gasteiger partial charge on any atom is 0.274 e. The molecule has 7 heteroatoms. The quantitative estimate of drug-likeness (QED) is 0.662. The number of ether oxygens (including phenoxy) is 1. The Morgan fingerprint density at radius 3 is 2.32 bits per heavy atom. The number of anilines is 1. The molecule has 3 rings (SSSR count). The number of pyridine rings is 1. The highest BCUT2D eigenvalue weighted by Crippen LogP contribution is 2.16. The third-order valence-corrected chi connectivity index (χ3v) is 4.14. The Morgan fingerprint density at radius 2 is 1.64 bits per heavy atom. The molecule has 0 radical (unpaired) electrons. The van der Waals surface area contributed by atoms with Crippen molar-refractivity contribution in [2.24, 2.45) is 0 Å². The van der Waals surface area contributed by atoms with Crippen LogP contribution in [0.3, 0.4) is 0 Å². The van der Waals surface area contributed by atoms with Gasteiger partial charge in [0, 0.05) is 17.3 Å². The number of methoxy groups -OCH3 is 1. The average Bonchev–Trinajstić information content (AvgIpc) is 2.72. The molecule has 0 fully saturated rings. The van der Waals surface area contributed by atoms with Crippen molar-refractivity contribution in [2.45, 2.75) is 6.54 Å². The summed E-state index contributed by atoms with van der Waals surface area (Å²) in [5.74, 6) is -0.0459. The van der Waals surface area contributed by atoms with E-state index in [1.54, 1.807) is 49.6 Å². The van der Waals surface area contributed by atoms with Gasteiger partial charge in [-0.25, -0.2) is 4.98 Å². The third-order valence-electron chi connectivity index (χ3n) is 3.91. The highest BCUT2D eigenvalue weighted by Gasteiger charge is 2.13. The fraction of sp³-hybridized carbons (Fsp3) is 0.0952. The lowest BCUT2D eigenvalue weighted by atomic mass is 10.2. The number of hydrogen-bond acceptors (Lipinski definition) is 4. The molecule has 28 heavy (non-hydrogen) atoms. The molecule has 0 atom stereocenters. The average molecular weight is 396 g/mol. The molecule has 0 saturated carbocycles. The summed E-state index contributed by atoms with van der Waals surface area (Å²) in [6, 6.07) is 18.9. The van der Waals surface area contributed by atoms with Crippen LogP contribution in [0.1, 0.15) is 26.5 Å². The van der Waals surface area contributed by atoms with Crippen molar-refractivity contribution in [3.05, 3.63) is 88.7 Å². The van der Waals surface area contributed by atoms with Crippen LogP contribution in [-0.4, -0.2) is 23.9 Å². The van der Waals surface area contributed by atoms with E-state index in [1.165, 1.54) is 0 Å². The smallest absolute Gasteiger partial charge is 0.274 e. The Labute approximate surface area is 167 Å². The van der Waals surface area contributed by atoms with Crippen molar-refractivity contribution in [1.29, 1.82) is 0 Å². The molecule has 142 valence electrons. The van der Waals surface area contributed by atoms with Crippen LogP contribution in [0, 0.1) is 0 Å². The first-order valence-corrected chi connectivity index (χ1v) is 8.88. The lowest BCUT2D eigenvalue weighted by Crippen LogP contribution is -2.25. The van der Waals surface area contributed by atoms with Gasteiger partial charge in [0.05, 0.1) is 7.11 Å². The minimum absolute atomic E-state index is 0.136. The topological polar surface area (TPSA) is 80.3 Å². The lowest BCUT2D eigenvalue weighted by molar-refractivity contribution is 0.0945. The van der Waals surface area contributed by atoms with Gasteiger partial charge in [-0.1, -0.05) is 35.9 Å². The van der Waals surface area contributed by atoms with Crippen LogP contribution in [0.15, 0.2) is 66.7 Å². The minimum Gasteiger partial charge on any atom is -0.497 e. The molecule has 2 amide bonds. The molecular formula is C21H18ClN3O3. The van der Waals surface area contributed by atoms with Crippen molar-refractivity contribution in [3.63, 3.8) is 0 Å². The van der Waals surface area contributed by atoms with E-state index in [2.05, 4.69) is 15.6 Å². The zero-order valence-electron chi connectivity index (χ0n) is 15.1. The van der Waals surface area contributed by atoms with Gasteiger partial charge in [0.1, 0.15) is 17.1 Å². The molecule has 6 nitrogen and oxygen atoms in total. The highest BCUT2D eigenvalue weighted by molar-refractivity contribution is 6.30. The second-order valence-corrected chi connectivity index (χ2v) is 6.34. The first-order chi connectivity index (χ1) is 13.5. The van der Waals surface area contributed by atoms with E-state index >= 15 is 0 Å². The number of halogens is 1. The summed E-state index contributed by atoms with van der Waals surface area (Å²) in [5.41, 5.74) is 1.77. The molecule has 0 spiro atoms. The first-order valence-electron chi connectivity index (χ1n) is 8.50. The number of hydrogen-bond donors (Lipinski definition) is 2. The van der Waals surface area contributed by atoms with Gasteiger partial charge in [-0.15, -0.1) is 0 Å². The van der Waals surface area contributed by atoms with Crippen LogP contribution >= 0.6 is 11.6 Å². The fourth-order valence-electron chi connectivity index (χ4n) is 2.47. The standard InChI is InChI=1S/C21H18ClN3O3/c1-28-17-10-8-14(9-11-17)13-23-20(26)18-6-3-7-19(25-18)21(27)24-16-5-2-4-15(22)12-16/h2-12H,13H2,1H3,(H,23,26)(H,24,27). The zero-order valence-corrected chi connectivity index (χ0v) is 15.9. The van der Waals surface area contributed by atoms with Gasteiger partial charge in [0.15, 0.2) is 0 Å². The summed E-state index contributed by atoms with van der Waals surface area (Å²) in [7, 11) is 1.60. The molecule has 0 unspecified atom stereocenters. The van der Waals surface area contributed by atoms with Crippen LogP contribution in [-0.2, 0) is 6.54 Å². The summed E-state index contributed by atoms with van der Waals surface area (Å²) in [5, 5.41) is 6.00. The molecule has 0 aliphatic heterocycles. The summed E-state index contributed by atoms with van der Waals surface area (Å²) in [6.45, 7) is 0.337. The van der Waals surface area contributed by atoms with E-state index in [-0.39, 0.29) is 17.3 Å². The highest BCUT2D eigenvalue weighted by atomic mass is 35.5. The predicted molar refractivity (Wildman–Crippen MR) is 108 cm³/mol. The minimum atomic E-state index is -0.424. The number of benzene rings is 2. The molecule has 2 aromatic carbocycles. The molecule has 2 N–H and O–H groups in total. The predicted octanol–water partition coefficient (Wildman–Crippen LogP) is 3.93. The Morgan fingerprint density at radius 1 is 0.964 bits per heavy atom. The number of carbonyl (C=O) groups is 2. The van der Waals surface area contributed by atoms with Gasteiger partial charge < -0.3 is 15.4 Å². The molecule has 1 aromatic heterocycles. The van der Waals surface area contributed by atoms with Crippen molar-refractivity contribution >= 4 is 29.1 Å². The number of carbonyl (C=O) groups excluding carboxylic acids is 2.